The van der Waals surface area contributed by atoms with Crippen LogP contribution < -0.4 is 0 Å². The molecule has 0 aliphatic rings. The van der Waals surface area contributed by atoms with Crippen molar-refractivity contribution in [3.8, 4) is 22.6 Å². The van der Waals surface area contributed by atoms with Crippen molar-refractivity contribution in [3.05, 3.63) is 116 Å². The van der Waals surface area contributed by atoms with Crippen molar-refractivity contribution < 1.29 is 10.2 Å². The van der Waals surface area contributed by atoms with Crippen LogP contribution in [0.5, 0.6) is 11.5 Å². The van der Waals surface area contributed by atoms with Crippen molar-refractivity contribution in [2.75, 3.05) is 0 Å². The summed E-state index contributed by atoms with van der Waals surface area (Å²) in [5.41, 5.74) is 12.1. The molecule has 0 spiro atoms. The lowest BCUT2D eigenvalue weighted by molar-refractivity contribution is 0.443. The maximum absolute atomic E-state index is 11.3. The number of phenols is 2. The van der Waals surface area contributed by atoms with Crippen LogP contribution in [-0.2, 0) is 34.7 Å². The van der Waals surface area contributed by atoms with Gasteiger partial charge in [-0.2, -0.15) is 0 Å². The van der Waals surface area contributed by atoms with E-state index in [0.29, 0.717) is 24.6 Å². The minimum Gasteiger partial charge on any atom is -0.507 e. The minimum atomic E-state index is -0.204. The van der Waals surface area contributed by atoms with E-state index in [9.17, 15) is 10.2 Å². The molecular formula is C46H60N2O2. The lowest BCUT2D eigenvalue weighted by atomic mass is 9.79. The summed E-state index contributed by atoms with van der Waals surface area (Å²) in [6.07, 6.45) is 3.66. The second kappa shape index (κ2) is 14.2. The van der Waals surface area contributed by atoms with Crippen molar-refractivity contribution in [2.45, 2.75) is 132 Å². The van der Waals surface area contributed by atoms with Crippen LogP contribution in [-0.4, -0.2) is 22.6 Å². The lowest BCUT2D eigenvalue weighted by Gasteiger charge is -2.27. The Balaban J connectivity index is 1.74. The number of hydrogen-bond donors (Lipinski definition) is 2. The maximum Gasteiger partial charge on any atom is 0.128 e. The summed E-state index contributed by atoms with van der Waals surface area (Å²) >= 11 is 0. The Morgan fingerprint density at radius 3 is 1.14 bits per heavy atom. The third kappa shape index (κ3) is 8.75. The Morgan fingerprint density at radius 2 is 0.840 bits per heavy atom. The SMILES string of the molecule is Cc1cccc(CN=Cc2cc(C(C)(C)C)cc(C(C)(C)C)c2O)c1-c1c(C)cccc1CN=Cc1cc(C(C)(C)C)cc(C(C)(C)C)c1O. The molecule has 2 N–H and O–H groups in total. The smallest absolute Gasteiger partial charge is 0.128 e. The molecule has 0 aliphatic carbocycles. The largest absolute Gasteiger partial charge is 0.507 e. The van der Waals surface area contributed by atoms with Crippen LogP contribution in [0.4, 0.5) is 0 Å². The van der Waals surface area contributed by atoms with Gasteiger partial charge in [0.25, 0.3) is 0 Å². The predicted octanol–water partition coefficient (Wildman–Crippen LogP) is 11.8. The van der Waals surface area contributed by atoms with Gasteiger partial charge in [-0.05, 0) is 92.1 Å². The first kappa shape index (κ1) is 38.6. The molecule has 0 fully saturated rings. The molecule has 4 aromatic rings. The average Bonchev–Trinajstić information content (AvgIpc) is 2.97. The van der Waals surface area contributed by atoms with Crippen LogP contribution >= 0.6 is 0 Å². The van der Waals surface area contributed by atoms with Gasteiger partial charge in [-0.25, -0.2) is 0 Å². The topological polar surface area (TPSA) is 65.2 Å². The molecule has 0 saturated heterocycles. The molecule has 0 aromatic heterocycles. The van der Waals surface area contributed by atoms with Gasteiger partial charge in [0.1, 0.15) is 11.5 Å². The molecular weight excluding hydrogens is 613 g/mol. The van der Waals surface area contributed by atoms with Gasteiger partial charge in [-0.3, -0.25) is 9.98 Å². The number of aryl methyl sites for hydroxylation is 2. The van der Waals surface area contributed by atoms with E-state index in [4.69, 9.17) is 9.98 Å². The van der Waals surface area contributed by atoms with Gasteiger partial charge in [0.15, 0.2) is 0 Å². The van der Waals surface area contributed by atoms with Gasteiger partial charge >= 0.3 is 0 Å². The van der Waals surface area contributed by atoms with Crippen molar-refractivity contribution in [3.63, 3.8) is 0 Å². The molecule has 0 heterocycles. The summed E-state index contributed by atoms with van der Waals surface area (Å²) in [6, 6.07) is 21.2. The molecule has 4 heteroatoms. The van der Waals surface area contributed by atoms with Crippen LogP contribution in [0.1, 0.15) is 139 Å². The Kier molecular flexibility index (Phi) is 11.0. The van der Waals surface area contributed by atoms with Gasteiger partial charge in [0.05, 0.1) is 13.1 Å². The summed E-state index contributed by atoms with van der Waals surface area (Å²) in [4.78, 5) is 9.86. The highest BCUT2D eigenvalue weighted by Gasteiger charge is 2.26. The van der Waals surface area contributed by atoms with Gasteiger partial charge in [0.2, 0.25) is 0 Å². The molecule has 0 amide bonds. The van der Waals surface area contributed by atoms with E-state index in [1.807, 2.05) is 12.4 Å². The molecule has 50 heavy (non-hydrogen) atoms. The normalized spacial score (nSPS) is 13.2. The van der Waals surface area contributed by atoms with Crippen molar-refractivity contribution in [1.29, 1.82) is 0 Å². The first-order chi connectivity index (χ1) is 23.0. The summed E-state index contributed by atoms with van der Waals surface area (Å²) in [5.74, 6) is 0.595. The van der Waals surface area contributed by atoms with Crippen molar-refractivity contribution in [1.82, 2.24) is 0 Å². The van der Waals surface area contributed by atoms with Crippen molar-refractivity contribution >= 4 is 12.4 Å². The van der Waals surface area contributed by atoms with Gasteiger partial charge < -0.3 is 10.2 Å². The highest BCUT2D eigenvalue weighted by molar-refractivity contribution is 5.86. The highest BCUT2D eigenvalue weighted by atomic mass is 16.3. The highest BCUT2D eigenvalue weighted by Crippen LogP contribution is 2.39. The summed E-state index contributed by atoms with van der Waals surface area (Å²) in [7, 11) is 0. The minimum absolute atomic E-state index is 0.0628. The van der Waals surface area contributed by atoms with E-state index in [2.05, 4.69) is 158 Å². The van der Waals surface area contributed by atoms with Crippen LogP contribution in [0.15, 0.2) is 70.6 Å². The third-order valence-electron chi connectivity index (χ3n) is 9.58. The Bertz CT molecular complexity index is 1780. The van der Waals surface area contributed by atoms with E-state index >= 15 is 0 Å². The third-order valence-corrected chi connectivity index (χ3v) is 9.58. The molecule has 4 rings (SSSR count). The maximum atomic E-state index is 11.3. The van der Waals surface area contributed by atoms with E-state index in [1.54, 1.807) is 0 Å². The molecule has 4 aromatic carbocycles. The summed E-state index contributed by atoms with van der Waals surface area (Å²) in [5, 5.41) is 22.7. The van der Waals surface area contributed by atoms with Crippen molar-refractivity contribution in [2.24, 2.45) is 9.98 Å². The monoisotopic (exact) mass is 672 g/mol. The molecule has 0 saturated carbocycles. The molecule has 0 unspecified atom stereocenters. The number of aliphatic imine (C=N–C) groups is 2. The van der Waals surface area contributed by atoms with E-state index < -0.39 is 0 Å². The van der Waals surface area contributed by atoms with Crippen LogP contribution in [0.3, 0.4) is 0 Å². The zero-order valence-corrected chi connectivity index (χ0v) is 33.1. The standard InChI is InChI=1S/C46H60N2O2/c1-29-17-15-19-31(25-47-27-33-21-35(43(3,4)5)23-37(41(33)49)45(9,10)11)39(29)40-30(2)18-16-20-32(40)26-48-28-34-22-36(44(6,7)8)24-38(42(34)50)46(12,13)14/h15-24,27-28,49-50H,25-26H2,1-14H3. The van der Waals surface area contributed by atoms with Gasteiger partial charge in [-0.1, -0.05) is 132 Å². The second-order valence-electron chi connectivity index (χ2n) is 18.1. The molecule has 0 bridgehead atoms. The van der Waals surface area contributed by atoms with E-state index in [-0.39, 0.29) is 21.7 Å². The van der Waals surface area contributed by atoms with Crippen LogP contribution in [0.25, 0.3) is 11.1 Å². The number of rotatable bonds is 7. The zero-order valence-electron chi connectivity index (χ0n) is 33.1. The molecule has 4 nitrogen and oxygen atoms in total. The first-order valence-electron chi connectivity index (χ1n) is 17.9. The van der Waals surface area contributed by atoms with E-state index in [0.717, 1.165) is 33.4 Å². The van der Waals surface area contributed by atoms with Crippen LogP contribution in [0, 0.1) is 13.8 Å². The number of aromatic hydroxyl groups is 2. The number of benzene rings is 4. The molecule has 0 atom stereocenters. The number of phenolic OH excluding ortho intramolecular Hbond substituents is 2. The number of nitrogens with zero attached hydrogens (tertiary/aromatic N) is 2. The molecule has 0 aliphatic heterocycles. The fourth-order valence-electron chi connectivity index (χ4n) is 6.44. The molecule has 266 valence electrons. The van der Waals surface area contributed by atoms with Crippen LogP contribution in [0.2, 0.25) is 0 Å². The van der Waals surface area contributed by atoms with Gasteiger partial charge in [-0.15, -0.1) is 0 Å². The Morgan fingerprint density at radius 1 is 0.500 bits per heavy atom. The lowest BCUT2D eigenvalue weighted by Crippen LogP contribution is -2.17. The fraction of sp³-hybridized carbons (Fsp3) is 0.435. The number of hydrogen-bond acceptors (Lipinski definition) is 4. The quantitative estimate of drug-likeness (QED) is 0.192. The molecule has 0 radical (unpaired) electrons. The second-order valence-corrected chi connectivity index (χ2v) is 18.1. The fourth-order valence-corrected chi connectivity index (χ4v) is 6.44. The Hall–Kier alpha value is -4.18. The summed E-state index contributed by atoms with van der Waals surface area (Å²) in [6.45, 7) is 31.2. The summed E-state index contributed by atoms with van der Waals surface area (Å²) < 4.78 is 0. The van der Waals surface area contributed by atoms with Gasteiger partial charge in [0, 0.05) is 34.7 Å². The average molecular weight is 673 g/mol. The zero-order chi connectivity index (χ0) is 37.4. The first-order valence-corrected chi connectivity index (χ1v) is 17.9. The Labute approximate surface area is 302 Å². The predicted molar refractivity (Wildman–Crippen MR) is 215 cm³/mol. The van der Waals surface area contributed by atoms with E-state index in [1.165, 1.54) is 33.4 Å².